The lowest BCUT2D eigenvalue weighted by molar-refractivity contribution is 0.578. The van der Waals surface area contributed by atoms with E-state index in [2.05, 4.69) is 40.0 Å². The molecule has 0 saturated carbocycles. The number of hydrogen-bond donors (Lipinski definition) is 1. The summed E-state index contributed by atoms with van der Waals surface area (Å²) in [5.74, 6) is 0.476. The number of nitrogens with zero attached hydrogens (tertiary/aromatic N) is 4. The molecule has 19 heavy (non-hydrogen) atoms. The zero-order chi connectivity index (χ0) is 13.7. The van der Waals surface area contributed by atoms with Crippen molar-refractivity contribution in [2.24, 2.45) is 7.05 Å². The molecule has 0 aromatic carbocycles. The molecule has 0 aliphatic heterocycles. The minimum Gasteiger partial charge on any atom is -0.337 e. The zero-order valence-corrected chi connectivity index (χ0v) is 12.0. The number of aromatic nitrogens is 4. The van der Waals surface area contributed by atoms with E-state index in [0.29, 0.717) is 5.92 Å². The fraction of sp³-hybridized carbons (Fsp3) is 0.571. The number of rotatable bonds is 7. The predicted molar refractivity (Wildman–Crippen MR) is 75.8 cm³/mol. The minimum absolute atomic E-state index is 0.476. The molecule has 2 aromatic heterocycles. The van der Waals surface area contributed by atoms with Crippen molar-refractivity contribution in [1.29, 1.82) is 0 Å². The molecular weight excluding hydrogens is 238 g/mol. The third-order valence-corrected chi connectivity index (χ3v) is 3.13. The van der Waals surface area contributed by atoms with Crippen molar-refractivity contribution >= 4 is 0 Å². The van der Waals surface area contributed by atoms with Crippen LogP contribution in [0.3, 0.4) is 0 Å². The summed E-state index contributed by atoms with van der Waals surface area (Å²) in [5.41, 5.74) is 2.50. The fourth-order valence-electron chi connectivity index (χ4n) is 2.21. The Labute approximate surface area is 114 Å². The quantitative estimate of drug-likeness (QED) is 0.775. The van der Waals surface area contributed by atoms with Crippen molar-refractivity contribution in [3.05, 3.63) is 36.2 Å². The zero-order valence-electron chi connectivity index (χ0n) is 12.0. The molecule has 0 radical (unpaired) electrons. The second kappa shape index (κ2) is 6.52. The standard InChI is InChI=1S/C14H23N5/c1-12(2)14-13(10-18(3)17-14)9-15-5-4-7-19-8-6-16-11-19/h6,8,10-12,15H,4-5,7,9H2,1-3H3. The lowest BCUT2D eigenvalue weighted by Crippen LogP contribution is -2.17. The topological polar surface area (TPSA) is 47.7 Å². The molecule has 0 spiro atoms. The van der Waals surface area contributed by atoms with Crippen LogP contribution in [0.5, 0.6) is 0 Å². The molecule has 2 aromatic rings. The van der Waals surface area contributed by atoms with Crippen LogP contribution in [0, 0.1) is 0 Å². The van der Waals surface area contributed by atoms with Gasteiger partial charge in [0.2, 0.25) is 0 Å². The van der Waals surface area contributed by atoms with Crippen LogP contribution < -0.4 is 5.32 Å². The molecule has 0 amide bonds. The highest BCUT2D eigenvalue weighted by Crippen LogP contribution is 2.16. The number of aryl methyl sites for hydroxylation is 2. The summed E-state index contributed by atoms with van der Waals surface area (Å²) >= 11 is 0. The van der Waals surface area contributed by atoms with E-state index in [4.69, 9.17) is 0 Å². The van der Waals surface area contributed by atoms with Crippen molar-refractivity contribution in [2.75, 3.05) is 6.54 Å². The summed E-state index contributed by atoms with van der Waals surface area (Å²) in [7, 11) is 1.98. The Morgan fingerprint density at radius 1 is 1.37 bits per heavy atom. The Bertz CT molecular complexity index is 484. The molecule has 5 heteroatoms. The van der Waals surface area contributed by atoms with E-state index in [9.17, 15) is 0 Å². The van der Waals surface area contributed by atoms with Gasteiger partial charge in [0.25, 0.3) is 0 Å². The largest absolute Gasteiger partial charge is 0.337 e. The maximum atomic E-state index is 4.51. The van der Waals surface area contributed by atoms with Crippen LogP contribution >= 0.6 is 0 Å². The highest BCUT2D eigenvalue weighted by molar-refractivity contribution is 5.19. The lowest BCUT2D eigenvalue weighted by atomic mass is 10.1. The second-order valence-electron chi connectivity index (χ2n) is 5.20. The molecule has 0 bridgehead atoms. The van der Waals surface area contributed by atoms with Gasteiger partial charge in [0.15, 0.2) is 0 Å². The average Bonchev–Trinajstić information content (AvgIpc) is 2.98. The van der Waals surface area contributed by atoms with Gasteiger partial charge in [-0.15, -0.1) is 0 Å². The molecule has 5 nitrogen and oxygen atoms in total. The second-order valence-corrected chi connectivity index (χ2v) is 5.20. The molecule has 0 saturated heterocycles. The van der Waals surface area contributed by atoms with Gasteiger partial charge < -0.3 is 9.88 Å². The van der Waals surface area contributed by atoms with Crippen LogP contribution in [0.4, 0.5) is 0 Å². The van der Waals surface area contributed by atoms with Crippen LogP contribution in [0.25, 0.3) is 0 Å². The Balaban J connectivity index is 1.73. The summed E-state index contributed by atoms with van der Waals surface area (Å²) < 4.78 is 4.00. The number of imidazole rings is 1. The van der Waals surface area contributed by atoms with Crippen molar-refractivity contribution in [2.45, 2.75) is 39.3 Å². The highest BCUT2D eigenvalue weighted by Gasteiger charge is 2.10. The summed E-state index contributed by atoms with van der Waals surface area (Å²) in [4.78, 5) is 4.03. The summed E-state index contributed by atoms with van der Waals surface area (Å²) in [6.07, 6.45) is 8.89. The van der Waals surface area contributed by atoms with E-state index < -0.39 is 0 Å². The average molecular weight is 261 g/mol. The van der Waals surface area contributed by atoms with Crippen molar-refractivity contribution < 1.29 is 0 Å². The van der Waals surface area contributed by atoms with Crippen molar-refractivity contribution in [3.63, 3.8) is 0 Å². The molecule has 0 fully saturated rings. The molecular formula is C14H23N5. The van der Waals surface area contributed by atoms with E-state index in [1.807, 2.05) is 30.5 Å². The van der Waals surface area contributed by atoms with Gasteiger partial charge in [0.05, 0.1) is 12.0 Å². The summed E-state index contributed by atoms with van der Waals surface area (Å²) in [5, 5.41) is 8.00. The Hall–Kier alpha value is -1.62. The predicted octanol–water partition coefficient (Wildman–Crippen LogP) is 1.92. The maximum absolute atomic E-state index is 4.51. The summed E-state index contributed by atoms with van der Waals surface area (Å²) in [6, 6.07) is 0. The normalized spacial score (nSPS) is 11.4. The van der Waals surface area contributed by atoms with Gasteiger partial charge in [0, 0.05) is 44.3 Å². The smallest absolute Gasteiger partial charge is 0.0945 e. The highest BCUT2D eigenvalue weighted by atomic mass is 15.3. The molecule has 0 aliphatic rings. The minimum atomic E-state index is 0.476. The lowest BCUT2D eigenvalue weighted by Gasteiger charge is -2.07. The molecule has 2 rings (SSSR count). The molecule has 0 unspecified atom stereocenters. The fourth-order valence-corrected chi connectivity index (χ4v) is 2.21. The first-order valence-electron chi connectivity index (χ1n) is 6.85. The van der Waals surface area contributed by atoms with Crippen LogP contribution in [0.15, 0.2) is 24.9 Å². The molecule has 1 N–H and O–H groups in total. The monoisotopic (exact) mass is 261 g/mol. The van der Waals surface area contributed by atoms with Crippen molar-refractivity contribution in [1.82, 2.24) is 24.6 Å². The SMILES string of the molecule is CC(C)c1nn(C)cc1CNCCCn1ccnc1. The van der Waals surface area contributed by atoms with Gasteiger partial charge in [-0.05, 0) is 18.9 Å². The van der Waals surface area contributed by atoms with Gasteiger partial charge in [-0.1, -0.05) is 13.8 Å². The maximum Gasteiger partial charge on any atom is 0.0945 e. The van der Waals surface area contributed by atoms with Crippen LogP contribution in [0.1, 0.15) is 37.4 Å². The van der Waals surface area contributed by atoms with Crippen LogP contribution in [0.2, 0.25) is 0 Å². The number of hydrogen-bond acceptors (Lipinski definition) is 3. The Morgan fingerprint density at radius 2 is 2.21 bits per heavy atom. The summed E-state index contributed by atoms with van der Waals surface area (Å²) in [6.45, 7) is 7.28. The van der Waals surface area contributed by atoms with E-state index in [0.717, 1.165) is 26.1 Å². The Kier molecular flexibility index (Phi) is 4.74. The van der Waals surface area contributed by atoms with E-state index in [1.165, 1.54) is 11.3 Å². The van der Waals surface area contributed by atoms with Gasteiger partial charge in [0.1, 0.15) is 0 Å². The van der Waals surface area contributed by atoms with E-state index in [1.54, 1.807) is 0 Å². The van der Waals surface area contributed by atoms with E-state index >= 15 is 0 Å². The molecule has 2 heterocycles. The van der Waals surface area contributed by atoms with E-state index in [-0.39, 0.29) is 0 Å². The first-order valence-corrected chi connectivity index (χ1v) is 6.85. The Morgan fingerprint density at radius 3 is 2.89 bits per heavy atom. The third-order valence-electron chi connectivity index (χ3n) is 3.13. The van der Waals surface area contributed by atoms with Crippen molar-refractivity contribution in [3.8, 4) is 0 Å². The van der Waals surface area contributed by atoms with Crippen LogP contribution in [-0.2, 0) is 20.1 Å². The van der Waals surface area contributed by atoms with Gasteiger partial charge >= 0.3 is 0 Å². The molecule has 0 aliphatic carbocycles. The van der Waals surface area contributed by atoms with Gasteiger partial charge in [-0.2, -0.15) is 5.10 Å². The van der Waals surface area contributed by atoms with Gasteiger partial charge in [-0.25, -0.2) is 4.98 Å². The molecule has 0 atom stereocenters. The first-order chi connectivity index (χ1) is 9.16. The third kappa shape index (κ3) is 3.92. The first kappa shape index (κ1) is 13.8. The van der Waals surface area contributed by atoms with Crippen LogP contribution in [-0.4, -0.2) is 25.9 Å². The molecule has 104 valence electrons. The van der Waals surface area contributed by atoms with Gasteiger partial charge in [-0.3, -0.25) is 4.68 Å². The number of nitrogens with one attached hydrogen (secondary N) is 1.